The van der Waals surface area contributed by atoms with E-state index in [-0.39, 0.29) is 24.2 Å². The third kappa shape index (κ3) is 3.61. The quantitative estimate of drug-likeness (QED) is 0.867. The topological polar surface area (TPSA) is 75.1 Å². The fraction of sp³-hybridized carbons (Fsp3) is 0.267. The first-order valence-corrected chi connectivity index (χ1v) is 6.46. The van der Waals surface area contributed by atoms with Gasteiger partial charge in [0.15, 0.2) is 0 Å². The lowest BCUT2D eigenvalue weighted by Gasteiger charge is -2.18. The van der Waals surface area contributed by atoms with Gasteiger partial charge in [-0.25, -0.2) is 4.98 Å². The van der Waals surface area contributed by atoms with Gasteiger partial charge in [-0.1, -0.05) is 30.3 Å². The summed E-state index contributed by atoms with van der Waals surface area (Å²) in [5, 5.41) is 12.0. The van der Waals surface area contributed by atoms with E-state index in [4.69, 9.17) is 5.11 Å². The molecule has 0 aliphatic carbocycles. The van der Waals surface area contributed by atoms with Crippen molar-refractivity contribution in [2.24, 2.45) is 0 Å². The van der Waals surface area contributed by atoms with Gasteiger partial charge in [0.25, 0.3) is 5.91 Å². The van der Waals surface area contributed by atoms with Crippen molar-refractivity contribution < 1.29 is 9.90 Å². The Kier molecular flexibility index (Phi) is 4.79. The molecule has 5 nitrogen and oxygen atoms in total. The second-order valence-electron chi connectivity index (χ2n) is 4.49. The second-order valence-corrected chi connectivity index (χ2v) is 4.49. The Hall–Kier alpha value is -2.27. The number of hydrogen-bond donors (Lipinski definition) is 2. The van der Waals surface area contributed by atoms with Crippen LogP contribution in [0, 0.1) is 6.92 Å². The molecule has 0 radical (unpaired) electrons. The SMILES string of the molecule is Cc1cnc(C(=O)NC(CCO)c2ccccc2)cn1. The molecule has 1 aromatic heterocycles. The van der Waals surface area contributed by atoms with Gasteiger partial charge in [-0.15, -0.1) is 0 Å². The van der Waals surface area contributed by atoms with Gasteiger partial charge in [-0.2, -0.15) is 0 Å². The molecule has 20 heavy (non-hydrogen) atoms. The summed E-state index contributed by atoms with van der Waals surface area (Å²) in [6.07, 6.45) is 3.46. The minimum atomic E-state index is -0.292. The molecule has 0 saturated heterocycles. The van der Waals surface area contributed by atoms with Crippen molar-refractivity contribution in [2.75, 3.05) is 6.61 Å². The first-order valence-electron chi connectivity index (χ1n) is 6.46. The number of carbonyl (C=O) groups is 1. The average molecular weight is 271 g/mol. The Morgan fingerprint density at radius 1 is 1.25 bits per heavy atom. The maximum absolute atomic E-state index is 12.1. The number of rotatable bonds is 5. The van der Waals surface area contributed by atoms with E-state index in [1.165, 1.54) is 6.20 Å². The highest BCUT2D eigenvalue weighted by atomic mass is 16.3. The molecule has 2 N–H and O–H groups in total. The van der Waals surface area contributed by atoms with Gasteiger partial charge in [0.05, 0.1) is 17.9 Å². The lowest BCUT2D eigenvalue weighted by Crippen LogP contribution is -2.30. The Morgan fingerprint density at radius 2 is 2.00 bits per heavy atom. The molecule has 5 heteroatoms. The summed E-state index contributed by atoms with van der Waals surface area (Å²) in [7, 11) is 0. The van der Waals surface area contributed by atoms with Gasteiger partial charge in [0, 0.05) is 12.8 Å². The molecule has 2 aromatic rings. The Morgan fingerprint density at radius 3 is 2.60 bits per heavy atom. The maximum atomic E-state index is 12.1. The van der Waals surface area contributed by atoms with E-state index >= 15 is 0 Å². The van der Waals surface area contributed by atoms with Crippen LogP contribution in [0.2, 0.25) is 0 Å². The Labute approximate surface area is 117 Å². The summed E-state index contributed by atoms with van der Waals surface area (Å²) in [5.74, 6) is -0.292. The smallest absolute Gasteiger partial charge is 0.271 e. The third-order valence-corrected chi connectivity index (χ3v) is 2.94. The number of aryl methyl sites for hydroxylation is 1. The zero-order valence-electron chi connectivity index (χ0n) is 11.3. The molecule has 0 fully saturated rings. The van der Waals surface area contributed by atoms with Gasteiger partial charge < -0.3 is 10.4 Å². The molecule has 1 heterocycles. The first kappa shape index (κ1) is 14.1. The lowest BCUT2D eigenvalue weighted by molar-refractivity contribution is 0.0924. The minimum Gasteiger partial charge on any atom is -0.396 e. The van der Waals surface area contributed by atoms with Crippen molar-refractivity contribution in [1.29, 1.82) is 0 Å². The van der Waals surface area contributed by atoms with Crippen LogP contribution in [0.25, 0.3) is 0 Å². The van der Waals surface area contributed by atoms with Crippen molar-refractivity contribution >= 4 is 5.91 Å². The molecule has 0 bridgehead atoms. The number of hydrogen-bond acceptors (Lipinski definition) is 4. The summed E-state index contributed by atoms with van der Waals surface area (Å²) >= 11 is 0. The molecular formula is C15H17N3O2. The minimum absolute atomic E-state index is 0.000578. The molecule has 0 spiro atoms. The Bertz CT molecular complexity index is 555. The molecule has 1 aromatic carbocycles. The van der Waals surface area contributed by atoms with E-state index in [1.807, 2.05) is 37.3 Å². The Balaban J connectivity index is 2.12. The fourth-order valence-corrected chi connectivity index (χ4v) is 1.88. The predicted octanol–water partition coefficient (Wildman–Crippen LogP) is 1.64. The summed E-state index contributed by atoms with van der Waals surface area (Å²) in [6.45, 7) is 1.81. The van der Waals surface area contributed by atoms with E-state index in [0.29, 0.717) is 6.42 Å². The first-order chi connectivity index (χ1) is 9.70. The predicted molar refractivity (Wildman–Crippen MR) is 75.1 cm³/mol. The summed E-state index contributed by atoms with van der Waals surface area (Å²) in [4.78, 5) is 20.2. The molecule has 0 saturated carbocycles. The third-order valence-electron chi connectivity index (χ3n) is 2.94. The van der Waals surface area contributed by atoms with Crippen LogP contribution >= 0.6 is 0 Å². The normalized spacial score (nSPS) is 11.9. The highest BCUT2D eigenvalue weighted by molar-refractivity contribution is 5.92. The van der Waals surface area contributed by atoms with Crippen molar-refractivity contribution in [3.63, 3.8) is 0 Å². The number of aliphatic hydroxyl groups is 1. The van der Waals surface area contributed by atoms with Crippen LogP contribution in [0.5, 0.6) is 0 Å². The van der Waals surface area contributed by atoms with Gasteiger partial charge in [0.1, 0.15) is 5.69 Å². The summed E-state index contributed by atoms with van der Waals surface area (Å²) < 4.78 is 0. The number of nitrogens with one attached hydrogen (secondary N) is 1. The van der Waals surface area contributed by atoms with Crippen molar-refractivity contribution in [3.8, 4) is 0 Å². The number of amides is 1. The number of benzene rings is 1. The molecule has 1 atom stereocenters. The number of aromatic nitrogens is 2. The van der Waals surface area contributed by atoms with Crippen LogP contribution in [0.15, 0.2) is 42.7 Å². The van der Waals surface area contributed by atoms with E-state index in [0.717, 1.165) is 11.3 Å². The summed E-state index contributed by atoms with van der Waals surface area (Å²) in [6, 6.07) is 9.31. The van der Waals surface area contributed by atoms with Crippen LogP contribution in [0.1, 0.15) is 34.2 Å². The number of aliphatic hydroxyl groups excluding tert-OH is 1. The fourth-order valence-electron chi connectivity index (χ4n) is 1.88. The van der Waals surface area contributed by atoms with Crippen molar-refractivity contribution in [2.45, 2.75) is 19.4 Å². The average Bonchev–Trinajstić information content (AvgIpc) is 2.48. The van der Waals surface area contributed by atoms with Crippen LogP contribution < -0.4 is 5.32 Å². The van der Waals surface area contributed by atoms with Crippen LogP contribution in [-0.4, -0.2) is 27.6 Å². The highest BCUT2D eigenvalue weighted by Gasteiger charge is 2.16. The van der Waals surface area contributed by atoms with E-state index < -0.39 is 0 Å². The van der Waals surface area contributed by atoms with Crippen LogP contribution in [-0.2, 0) is 0 Å². The summed E-state index contributed by atoms with van der Waals surface area (Å²) in [5.41, 5.74) is 1.99. The molecule has 1 unspecified atom stereocenters. The maximum Gasteiger partial charge on any atom is 0.271 e. The standard InChI is InChI=1S/C15H17N3O2/c1-11-9-17-14(10-16-11)15(20)18-13(7-8-19)12-5-3-2-4-6-12/h2-6,9-10,13,19H,7-8H2,1H3,(H,18,20). The zero-order chi connectivity index (χ0) is 14.4. The van der Waals surface area contributed by atoms with Gasteiger partial charge >= 0.3 is 0 Å². The molecule has 104 valence electrons. The van der Waals surface area contributed by atoms with Crippen molar-refractivity contribution in [1.82, 2.24) is 15.3 Å². The van der Waals surface area contributed by atoms with Crippen LogP contribution in [0.3, 0.4) is 0 Å². The van der Waals surface area contributed by atoms with Crippen LogP contribution in [0.4, 0.5) is 0 Å². The van der Waals surface area contributed by atoms with E-state index in [1.54, 1.807) is 6.20 Å². The van der Waals surface area contributed by atoms with E-state index in [2.05, 4.69) is 15.3 Å². The highest BCUT2D eigenvalue weighted by Crippen LogP contribution is 2.16. The molecule has 2 rings (SSSR count). The molecule has 1 amide bonds. The van der Waals surface area contributed by atoms with Gasteiger partial charge in [0.2, 0.25) is 0 Å². The lowest BCUT2D eigenvalue weighted by atomic mass is 10.0. The zero-order valence-corrected chi connectivity index (χ0v) is 11.3. The number of carbonyl (C=O) groups excluding carboxylic acids is 1. The van der Waals surface area contributed by atoms with Gasteiger partial charge in [-0.05, 0) is 18.9 Å². The monoisotopic (exact) mass is 271 g/mol. The molecule has 0 aliphatic rings. The second kappa shape index (κ2) is 6.77. The largest absolute Gasteiger partial charge is 0.396 e. The van der Waals surface area contributed by atoms with Crippen molar-refractivity contribution in [3.05, 3.63) is 59.7 Å². The molecular weight excluding hydrogens is 254 g/mol. The molecule has 0 aliphatic heterocycles. The van der Waals surface area contributed by atoms with Gasteiger partial charge in [-0.3, -0.25) is 9.78 Å². The number of nitrogens with zero attached hydrogens (tertiary/aromatic N) is 2. The van der Waals surface area contributed by atoms with E-state index in [9.17, 15) is 4.79 Å².